The van der Waals surface area contributed by atoms with E-state index in [0.717, 1.165) is 28.4 Å². The highest BCUT2D eigenvalue weighted by Crippen LogP contribution is 2.27. The van der Waals surface area contributed by atoms with Crippen molar-refractivity contribution >= 4 is 11.8 Å². The lowest BCUT2D eigenvalue weighted by atomic mass is 10.2. The molecule has 0 atom stereocenters. The third-order valence-corrected chi connectivity index (χ3v) is 5.25. The molecule has 144 valence electrons. The van der Waals surface area contributed by atoms with E-state index >= 15 is 0 Å². The monoisotopic (exact) mass is 386 g/mol. The van der Waals surface area contributed by atoms with Gasteiger partial charge >= 0.3 is 0 Å². The summed E-state index contributed by atoms with van der Waals surface area (Å²) in [5, 5.41) is 0. The van der Waals surface area contributed by atoms with Gasteiger partial charge in [-0.1, -0.05) is 24.3 Å². The first-order valence-corrected chi connectivity index (χ1v) is 10.0. The molecule has 0 unspecified atom stereocenters. The topological polar surface area (TPSA) is 36.9 Å². The fourth-order valence-corrected chi connectivity index (χ4v) is 3.47. The number of thioether (sulfide) groups is 1. The van der Waals surface area contributed by atoms with Crippen LogP contribution in [0.15, 0.2) is 59.5 Å². The van der Waals surface area contributed by atoms with E-state index in [1.807, 2.05) is 44.2 Å². The predicted molar refractivity (Wildman–Crippen MR) is 109 cm³/mol. The lowest BCUT2D eigenvalue weighted by Gasteiger charge is -2.33. The Morgan fingerprint density at radius 3 is 2.48 bits per heavy atom. The molecule has 5 heteroatoms. The number of hydrogen-bond donors (Lipinski definition) is 0. The number of aryl methyl sites for hydroxylation is 2. The maximum atomic E-state index is 5.78. The second kappa shape index (κ2) is 9.31. The summed E-state index contributed by atoms with van der Waals surface area (Å²) in [6.07, 6.45) is -0.383. The molecule has 1 heterocycles. The highest BCUT2D eigenvalue weighted by atomic mass is 32.2. The van der Waals surface area contributed by atoms with Gasteiger partial charge in [0.15, 0.2) is 12.6 Å². The molecule has 0 saturated carbocycles. The summed E-state index contributed by atoms with van der Waals surface area (Å²) in [7, 11) is 0. The quantitative estimate of drug-likeness (QED) is 0.441. The molecule has 0 aliphatic carbocycles. The maximum absolute atomic E-state index is 5.78. The number of rotatable bonds is 9. The summed E-state index contributed by atoms with van der Waals surface area (Å²) < 4.78 is 22.3. The van der Waals surface area contributed by atoms with Gasteiger partial charge in [-0.15, -0.1) is 11.8 Å². The number of hydrogen-bond acceptors (Lipinski definition) is 5. The van der Waals surface area contributed by atoms with Crippen molar-refractivity contribution in [3.05, 3.63) is 65.7 Å². The zero-order valence-corrected chi connectivity index (χ0v) is 16.9. The van der Waals surface area contributed by atoms with Gasteiger partial charge in [0.25, 0.3) is 0 Å². The van der Waals surface area contributed by atoms with Crippen molar-refractivity contribution in [2.24, 2.45) is 0 Å². The Labute approximate surface area is 165 Å². The number of benzene rings is 2. The van der Waals surface area contributed by atoms with Crippen LogP contribution >= 0.6 is 11.8 Å². The highest BCUT2D eigenvalue weighted by Gasteiger charge is 2.27. The van der Waals surface area contributed by atoms with Crippen LogP contribution in [-0.4, -0.2) is 31.5 Å². The van der Waals surface area contributed by atoms with Gasteiger partial charge in [-0.05, 0) is 62.2 Å². The highest BCUT2D eigenvalue weighted by molar-refractivity contribution is 7.99. The molecular formula is C22H26O4S. The average molecular weight is 387 g/mol. The van der Waals surface area contributed by atoms with Crippen molar-refractivity contribution in [1.82, 2.24) is 0 Å². The normalized spacial score (nSPS) is 18.6. The standard InChI is InChI=1S/C22H26O4S/c1-15-5-7-19(8-6-15)23-12-16(2)14-27-20-9-10-21(17(3)11-20)24-13-22-25-18(4)26-22/h5-11,18,22H,2,12-14H2,1,3-4H3. The molecule has 3 rings (SSSR count). The van der Waals surface area contributed by atoms with Gasteiger partial charge in [-0.25, -0.2) is 0 Å². The molecule has 0 radical (unpaired) electrons. The van der Waals surface area contributed by atoms with Crippen LogP contribution in [0, 0.1) is 13.8 Å². The first-order valence-electron chi connectivity index (χ1n) is 9.03. The Morgan fingerprint density at radius 1 is 1.07 bits per heavy atom. The van der Waals surface area contributed by atoms with E-state index in [2.05, 4.69) is 25.6 Å². The van der Waals surface area contributed by atoms with E-state index in [9.17, 15) is 0 Å². The van der Waals surface area contributed by atoms with Crippen LogP contribution in [0.1, 0.15) is 18.1 Å². The van der Waals surface area contributed by atoms with Crippen LogP contribution in [0.25, 0.3) is 0 Å². The van der Waals surface area contributed by atoms with E-state index in [-0.39, 0.29) is 12.6 Å². The van der Waals surface area contributed by atoms with E-state index in [0.29, 0.717) is 13.2 Å². The fourth-order valence-electron chi connectivity index (χ4n) is 2.59. The van der Waals surface area contributed by atoms with Gasteiger partial charge in [-0.2, -0.15) is 0 Å². The molecule has 1 fully saturated rings. The molecule has 2 aromatic carbocycles. The third kappa shape index (κ3) is 6.03. The van der Waals surface area contributed by atoms with Gasteiger partial charge in [0, 0.05) is 10.6 Å². The molecule has 0 amide bonds. The molecule has 1 saturated heterocycles. The molecule has 2 aromatic rings. The van der Waals surface area contributed by atoms with Crippen LogP contribution in [0.2, 0.25) is 0 Å². The van der Waals surface area contributed by atoms with Crippen molar-refractivity contribution in [3.8, 4) is 11.5 Å². The van der Waals surface area contributed by atoms with Crippen LogP contribution in [0.3, 0.4) is 0 Å². The van der Waals surface area contributed by atoms with Crippen LogP contribution in [0.5, 0.6) is 11.5 Å². The van der Waals surface area contributed by atoms with Gasteiger partial charge in [0.05, 0.1) is 0 Å². The van der Waals surface area contributed by atoms with Crippen LogP contribution < -0.4 is 9.47 Å². The van der Waals surface area contributed by atoms with Crippen LogP contribution in [0.4, 0.5) is 0 Å². The van der Waals surface area contributed by atoms with Gasteiger partial charge in [-0.3, -0.25) is 0 Å². The first-order chi connectivity index (χ1) is 13.0. The predicted octanol–water partition coefficient (Wildman–Crippen LogP) is 5.13. The summed E-state index contributed by atoms with van der Waals surface area (Å²) >= 11 is 1.74. The first kappa shape index (κ1) is 19.8. The molecule has 27 heavy (non-hydrogen) atoms. The van der Waals surface area contributed by atoms with Crippen molar-refractivity contribution < 1.29 is 18.9 Å². The molecule has 0 aromatic heterocycles. The molecular weight excluding hydrogens is 360 g/mol. The Morgan fingerprint density at radius 2 is 1.81 bits per heavy atom. The minimum absolute atomic E-state index is 0.124. The minimum Gasteiger partial charge on any atom is -0.489 e. The van der Waals surface area contributed by atoms with E-state index in [1.165, 1.54) is 10.5 Å². The van der Waals surface area contributed by atoms with Crippen LogP contribution in [-0.2, 0) is 9.47 Å². The molecule has 0 bridgehead atoms. The lowest BCUT2D eigenvalue weighted by molar-refractivity contribution is -0.380. The zero-order valence-electron chi connectivity index (χ0n) is 16.1. The molecule has 0 N–H and O–H groups in total. The largest absolute Gasteiger partial charge is 0.489 e. The van der Waals surface area contributed by atoms with E-state index in [1.54, 1.807) is 11.8 Å². The van der Waals surface area contributed by atoms with Gasteiger partial charge in [0.1, 0.15) is 24.7 Å². The molecule has 1 aliphatic rings. The summed E-state index contributed by atoms with van der Waals surface area (Å²) in [4.78, 5) is 1.18. The zero-order chi connectivity index (χ0) is 19.2. The Bertz CT molecular complexity index is 766. The number of ether oxygens (including phenoxy) is 4. The van der Waals surface area contributed by atoms with E-state index < -0.39 is 0 Å². The minimum atomic E-state index is -0.259. The summed E-state index contributed by atoms with van der Waals surface area (Å²) in [5.74, 6) is 2.54. The van der Waals surface area contributed by atoms with Crippen molar-refractivity contribution in [2.75, 3.05) is 19.0 Å². The third-order valence-electron chi connectivity index (χ3n) is 4.12. The van der Waals surface area contributed by atoms with Gasteiger partial charge < -0.3 is 18.9 Å². The SMILES string of the molecule is C=C(COc1ccc(C)cc1)CSc1ccc(OCC2OC(C)O2)c(C)c1. The molecule has 4 nitrogen and oxygen atoms in total. The molecule has 0 spiro atoms. The fraction of sp³-hybridized carbons (Fsp3) is 0.364. The average Bonchev–Trinajstić information content (AvgIpc) is 2.63. The summed E-state index contributed by atoms with van der Waals surface area (Å²) in [6.45, 7) is 11.0. The van der Waals surface area contributed by atoms with E-state index in [4.69, 9.17) is 18.9 Å². The van der Waals surface area contributed by atoms with Gasteiger partial charge in [0.2, 0.25) is 0 Å². The smallest absolute Gasteiger partial charge is 0.197 e. The van der Waals surface area contributed by atoms with Crippen molar-refractivity contribution in [3.63, 3.8) is 0 Å². The lowest BCUT2D eigenvalue weighted by Crippen LogP contribution is -2.42. The summed E-state index contributed by atoms with van der Waals surface area (Å²) in [6, 6.07) is 14.2. The van der Waals surface area contributed by atoms with Crippen molar-refractivity contribution in [1.29, 1.82) is 0 Å². The summed E-state index contributed by atoms with van der Waals surface area (Å²) in [5.41, 5.74) is 3.36. The maximum Gasteiger partial charge on any atom is 0.197 e. The molecule has 1 aliphatic heterocycles. The Hall–Kier alpha value is -1.95. The Balaban J connectivity index is 1.41. The second-order valence-corrected chi connectivity index (χ2v) is 7.70. The van der Waals surface area contributed by atoms with Crippen molar-refractivity contribution in [2.45, 2.75) is 38.2 Å². The second-order valence-electron chi connectivity index (χ2n) is 6.65. The Kier molecular flexibility index (Phi) is 6.83.